The maximum absolute atomic E-state index is 11.5. The molecule has 1 heterocycles. The molecule has 8 nitrogen and oxygen atoms in total. The molecule has 0 aliphatic carbocycles. The fraction of sp³-hybridized carbons (Fsp3) is 0.333. The van der Waals surface area contributed by atoms with Gasteiger partial charge in [-0.25, -0.2) is 0 Å². The minimum Gasteiger partial charge on any atom is -0.492 e. The van der Waals surface area contributed by atoms with Crippen molar-refractivity contribution in [3.8, 4) is 17.2 Å². The Bertz CT molecular complexity index is 1070. The highest BCUT2D eigenvalue weighted by Gasteiger charge is 2.26. The zero-order valence-corrected chi connectivity index (χ0v) is 20.1. The number of nitro groups is 1. The van der Waals surface area contributed by atoms with Gasteiger partial charge in [0, 0.05) is 10.6 Å². The monoisotopic (exact) mass is 506 g/mol. The average Bonchev–Trinajstić information content (AvgIpc) is 3.08. The first-order valence-corrected chi connectivity index (χ1v) is 11.3. The fourth-order valence-corrected chi connectivity index (χ4v) is 4.89. The van der Waals surface area contributed by atoms with E-state index in [0.29, 0.717) is 33.6 Å². The Kier molecular flexibility index (Phi) is 7.55. The second kappa shape index (κ2) is 10.1. The van der Waals surface area contributed by atoms with Gasteiger partial charge in [-0.1, -0.05) is 29.5 Å². The third-order valence-electron chi connectivity index (χ3n) is 4.56. The molecule has 0 saturated carbocycles. The molecule has 2 aromatic carbocycles. The molecule has 0 saturated heterocycles. The number of thioether (sulfide) groups is 1. The van der Waals surface area contributed by atoms with Crippen molar-refractivity contribution in [2.75, 3.05) is 20.3 Å². The number of hydrogen-bond acceptors (Lipinski definition) is 7. The first-order chi connectivity index (χ1) is 14.8. The topological polar surface area (TPSA) is 92.3 Å². The molecule has 31 heavy (non-hydrogen) atoms. The number of aromatic nitrogens is 3. The Balaban J connectivity index is 2.03. The van der Waals surface area contributed by atoms with E-state index in [4.69, 9.17) is 9.47 Å². The minimum absolute atomic E-state index is 0.283. The lowest BCUT2D eigenvalue weighted by molar-refractivity contribution is -0.479. The Morgan fingerprint density at radius 2 is 1.94 bits per heavy atom. The Morgan fingerprint density at radius 3 is 2.55 bits per heavy atom. The molecule has 164 valence electrons. The highest BCUT2D eigenvalue weighted by atomic mass is 79.9. The molecule has 0 radical (unpaired) electrons. The summed E-state index contributed by atoms with van der Waals surface area (Å²) in [5.41, 5.74) is 2.77. The number of rotatable bonds is 9. The number of halogens is 1. The van der Waals surface area contributed by atoms with Gasteiger partial charge in [0.25, 0.3) is 0 Å². The maximum atomic E-state index is 11.5. The van der Waals surface area contributed by atoms with Crippen molar-refractivity contribution in [2.45, 2.75) is 31.2 Å². The van der Waals surface area contributed by atoms with Gasteiger partial charge in [-0.15, -0.1) is 10.2 Å². The quantitative estimate of drug-likeness (QED) is 0.224. The van der Waals surface area contributed by atoms with Crippen LogP contribution in [0.2, 0.25) is 0 Å². The summed E-state index contributed by atoms with van der Waals surface area (Å²) in [6, 6.07) is 11.6. The Labute approximate surface area is 193 Å². The minimum atomic E-state index is -0.510. The standard InChI is InChI=1S/C21H23BrN4O4S/c1-5-30-18-11-15(10-17(22)20(18)29-4)19(12-25(27)28)31-21-24-23-14(3)26(21)16-8-6-13(2)7-9-16/h6-11,19H,5,12H2,1-4H3/t19-/m0/s1. The van der Waals surface area contributed by atoms with Crippen LogP contribution in [0.3, 0.4) is 0 Å². The SMILES string of the molecule is CCOc1cc([C@H](C[N+](=O)[O-])Sc2nnc(C)n2-c2ccc(C)cc2)cc(Br)c1OC. The maximum Gasteiger partial charge on any atom is 0.220 e. The average molecular weight is 507 g/mol. The summed E-state index contributed by atoms with van der Waals surface area (Å²) in [7, 11) is 1.55. The number of methoxy groups -OCH3 is 1. The molecule has 0 N–H and O–H groups in total. The molecule has 0 fully saturated rings. The van der Waals surface area contributed by atoms with Crippen molar-refractivity contribution in [2.24, 2.45) is 0 Å². The summed E-state index contributed by atoms with van der Waals surface area (Å²) in [6.45, 7) is 5.91. The van der Waals surface area contributed by atoms with Crippen LogP contribution in [0.4, 0.5) is 0 Å². The normalized spacial score (nSPS) is 11.9. The van der Waals surface area contributed by atoms with Gasteiger partial charge >= 0.3 is 0 Å². The summed E-state index contributed by atoms with van der Waals surface area (Å²) in [5.74, 6) is 1.78. The van der Waals surface area contributed by atoms with Gasteiger partial charge in [-0.3, -0.25) is 14.7 Å². The van der Waals surface area contributed by atoms with Crippen LogP contribution in [0.5, 0.6) is 11.5 Å². The molecule has 0 amide bonds. The highest BCUT2D eigenvalue weighted by Crippen LogP contribution is 2.43. The molecule has 3 aromatic rings. The van der Waals surface area contributed by atoms with Gasteiger partial charge in [0.1, 0.15) is 11.1 Å². The molecule has 0 spiro atoms. The van der Waals surface area contributed by atoms with Crippen molar-refractivity contribution in [3.05, 3.63) is 67.9 Å². The second-order valence-electron chi connectivity index (χ2n) is 6.79. The van der Waals surface area contributed by atoms with Crippen LogP contribution in [0.15, 0.2) is 46.0 Å². The predicted molar refractivity (Wildman–Crippen MR) is 123 cm³/mol. The first-order valence-electron chi connectivity index (χ1n) is 9.61. The molecular weight excluding hydrogens is 484 g/mol. The summed E-state index contributed by atoms with van der Waals surface area (Å²) >= 11 is 4.79. The van der Waals surface area contributed by atoms with Crippen molar-refractivity contribution >= 4 is 27.7 Å². The fourth-order valence-electron chi connectivity index (χ4n) is 3.12. The molecule has 10 heteroatoms. The van der Waals surface area contributed by atoms with Crippen molar-refractivity contribution in [3.63, 3.8) is 0 Å². The number of aryl methyl sites for hydroxylation is 2. The molecule has 0 aliphatic heterocycles. The Morgan fingerprint density at radius 1 is 1.23 bits per heavy atom. The van der Waals surface area contributed by atoms with Gasteiger partial charge in [0.05, 0.1) is 18.2 Å². The van der Waals surface area contributed by atoms with E-state index >= 15 is 0 Å². The molecule has 3 rings (SSSR count). The van der Waals surface area contributed by atoms with E-state index in [2.05, 4.69) is 26.1 Å². The molecular formula is C21H23BrN4O4S. The van der Waals surface area contributed by atoms with Crippen molar-refractivity contribution in [1.29, 1.82) is 0 Å². The highest BCUT2D eigenvalue weighted by molar-refractivity contribution is 9.10. The van der Waals surface area contributed by atoms with Crippen LogP contribution in [0.25, 0.3) is 5.69 Å². The van der Waals surface area contributed by atoms with E-state index in [-0.39, 0.29) is 11.5 Å². The van der Waals surface area contributed by atoms with Crippen LogP contribution in [0, 0.1) is 24.0 Å². The summed E-state index contributed by atoms with van der Waals surface area (Å²) in [6.07, 6.45) is 0. The van der Waals surface area contributed by atoms with Gasteiger partial charge in [-0.2, -0.15) is 0 Å². The van der Waals surface area contributed by atoms with E-state index in [9.17, 15) is 10.1 Å². The van der Waals surface area contributed by atoms with E-state index in [1.54, 1.807) is 13.2 Å². The van der Waals surface area contributed by atoms with Gasteiger partial charge in [0.15, 0.2) is 16.7 Å². The molecule has 0 bridgehead atoms. The zero-order chi connectivity index (χ0) is 22.5. The molecule has 1 aromatic heterocycles. The lowest BCUT2D eigenvalue weighted by Gasteiger charge is -2.18. The number of ether oxygens (including phenoxy) is 2. The van der Waals surface area contributed by atoms with Crippen LogP contribution in [0.1, 0.15) is 29.1 Å². The Hall–Kier alpha value is -2.59. The third kappa shape index (κ3) is 5.37. The van der Waals surface area contributed by atoms with Crippen LogP contribution in [-0.4, -0.2) is 39.9 Å². The lowest BCUT2D eigenvalue weighted by atomic mass is 10.1. The number of benzene rings is 2. The summed E-state index contributed by atoms with van der Waals surface area (Å²) in [4.78, 5) is 11.1. The first kappa shape index (κ1) is 23.1. The zero-order valence-electron chi connectivity index (χ0n) is 17.7. The molecule has 0 unspecified atom stereocenters. The summed E-state index contributed by atoms with van der Waals surface area (Å²) < 4.78 is 13.7. The van der Waals surface area contributed by atoms with Gasteiger partial charge in [0.2, 0.25) is 6.54 Å². The van der Waals surface area contributed by atoms with E-state index in [1.165, 1.54) is 11.8 Å². The number of hydrogen-bond donors (Lipinski definition) is 0. The second-order valence-corrected chi connectivity index (χ2v) is 8.81. The van der Waals surface area contributed by atoms with Crippen LogP contribution in [-0.2, 0) is 0 Å². The third-order valence-corrected chi connectivity index (χ3v) is 6.33. The van der Waals surface area contributed by atoms with E-state index in [0.717, 1.165) is 16.8 Å². The van der Waals surface area contributed by atoms with Crippen LogP contribution >= 0.6 is 27.7 Å². The lowest BCUT2D eigenvalue weighted by Crippen LogP contribution is -2.12. The van der Waals surface area contributed by atoms with Crippen molar-refractivity contribution < 1.29 is 14.4 Å². The molecule has 0 aliphatic rings. The summed E-state index contributed by atoms with van der Waals surface area (Å²) in [5, 5.41) is 20.0. The van der Waals surface area contributed by atoms with Gasteiger partial charge < -0.3 is 9.47 Å². The van der Waals surface area contributed by atoms with Crippen molar-refractivity contribution in [1.82, 2.24) is 14.8 Å². The smallest absolute Gasteiger partial charge is 0.220 e. The van der Waals surface area contributed by atoms with E-state index < -0.39 is 5.25 Å². The van der Waals surface area contributed by atoms with Gasteiger partial charge in [-0.05, 0) is 66.5 Å². The molecule has 1 atom stereocenters. The predicted octanol–water partition coefficient (Wildman–Crippen LogP) is 5.16. The largest absolute Gasteiger partial charge is 0.492 e. The van der Waals surface area contributed by atoms with E-state index in [1.807, 2.05) is 55.7 Å². The number of nitrogens with zero attached hydrogens (tertiary/aromatic N) is 4. The van der Waals surface area contributed by atoms with Crippen LogP contribution < -0.4 is 9.47 Å².